The molecule has 1 spiro atoms. The average Bonchev–Trinajstić information content (AvgIpc) is 3.04. The van der Waals surface area contributed by atoms with Crippen LogP contribution >= 0.6 is 0 Å². The number of hydrogen-bond donors (Lipinski definition) is 1. The first-order chi connectivity index (χ1) is 9.55. The Morgan fingerprint density at radius 1 is 1.30 bits per heavy atom. The molecule has 1 aliphatic heterocycles. The van der Waals surface area contributed by atoms with Crippen molar-refractivity contribution in [2.24, 2.45) is 0 Å². The van der Waals surface area contributed by atoms with Crippen molar-refractivity contribution in [2.75, 3.05) is 13.1 Å². The van der Waals surface area contributed by atoms with Gasteiger partial charge in [-0.2, -0.15) is 5.10 Å². The minimum atomic E-state index is 0.179. The van der Waals surface area contributed by atoms with Crippen molar-refractivity contribution in [3.8, 4) is 0 Å². The number of nitrogens with one attached hydrogen (secondary N) is 1. The van der Waals surface area contributed by atoms with Gasteiger partial charge in [-0.1, -0.05) is 12.8 Å². The van der Waals surface area contributed by atoms with Crippen molar-refractivity contribution in [3.63, 3.8) is 0 Å². The third-order valence-corrected chi connectivity index (χ3v) is 5.13. The molecule has 112 valence electrons. The number of rotatable bonds is 3. The van der Waals surface area contributed by atoms with Gasteiger partial charge in [0.2, 0.25) is 0 Å². The molecule has 0 radical (unpaired) electrons. The maximum atomic E-state index is 4.45. The van der Waals surface area contributed by atoms with Gasteiger partial charge in [0, 0.05) is 30.7 Å². The molecule has 1 aromatic rings. The van der Waals surface area contributed by atoms with E-state index in [1.807, 2.05) is 4.68 Å². The van der Waals surface area contributed by atoms with Crippen molar-refractivity contribution < 1.29 is 0 Å². The fraction of sp³-hybridized carbons (Fsp3) is 0.867. The van der Waals surface area contributed by atoms with Gasteiger partial charge in [-0.05, 0) is 33.6 Å². The van der Waals surface area contributed by atoms with E-state index >= 15 is 0 Å². The summed E-state index contributed by atoms with van der Waals surface area (Å²) >= 11 is 0. The number of aryl methyl sites for hydroxylation is 1. The minimum absolute atomic E-state index is 0.179. The topological polar surface area (TPSA) is 46.0 Å². The molecule has 3 rings (SSSR count). The second-order valence-electron chi connectivity index (χ2n) is 7.00. The molecule has 2 heterocycles. The molecule has 5 heteroatoms. The fourth-order valence-corrected chi connectivity index (χ4v) is 3.65. The van der Waals surface area contributed by atoms with Gasteiger partial charge in [0.25, 0.3) is 0 Å². The predicted octanol–water partition coefficient (Wildman–Crippen LogP) is 1.79. The number of hydrogen-bond acceptors (Lipinski definition) is 4. The van der Waals surface area contributed by atoms with Gasteiger partial charge < -0.3 is 5.32 Å². The average molecular weight is 277 g/mol. The molecule has 0 amide bonds. The molecule has 0 unspecified atom stereocenters. The van der Waals surface area contributed by atoms with Crippen LogP contribution in [-0.2, 0) is 13.1 Å². The van der Waals surface area contributed by atoms with Crippen LogP contribution in [0.5, 0.6) is 0 Å². The molecule has 20 heavy (non-hydrogen) atoms. The highest BCUT2D eigenvalue weighted by atomic mass is 15.4. The lowest BCUT2D eigenvalue weighted by Gasteiger charge is -2.50. The molecule has 0 aromatic carbocycles. The van der Waals surface area contributed by atoms with Crippen LogP contribution in [-0.4, -0.2) is 43.8 Å². The lowest BCUT2D eigenvalue weighted by atomic mass is 9.87. The van der Waals surface area contributed by atoms with Crippen molar-refractivity contribution >= 4 is 0 Å². The summed E-state index contributed by atoms with van der Waals surface area (Å²) in [6, 6.07) is 0. The molecule has 5 nitrogen and oxygen atoms in total. The van der Waals surface area contributed by atoms with Crippen molar-refractivity contribution in [3.05, 3.63) is 12.2 Å². The SMILES string of the molecule is CCn1ncnc1CN1CC2(CCCC2)NCC1(C)C. The molecular formula is C15H27N5. The first-order valence-corrected chi connectivity index (χ1v) is 7.91. The van der Waals surface area contributed by atoms with Gasteiger partial charge in [0.1, 0.15) is 12.2 Å². The van der Waals surface area contributed by atoms with Crippen LogP contribution in [0.3, 0.4) is 0 Å². The van der Waals surface area contributed by atoms with E-state index in [9.17, 15) is 0 Å². The van der Waals surface area contributed by atoms with Crippen LogP contribution in [0, 0.1) is 0 Å². The van der Waals surface area contributed by atoms with Gasteiger partial charge in [0.15, 0.2) is 0 Å². The summed E-state index contributed by atoms with van der Waals surface area (Å²) in [6.07, 6.45) is 7.05. The normalized spacial score (nSPS) is 25.4. The van der Waals surface area contributed by atoms with Gasteiger partial charge in [-0.3, -0.25) is 4.90 Å². The summed E-state index contributed by atoms with van der Waals surface area (Å²) in [5.41, 5.74) is 0.533. The Bertz CT molecular complexity index is 459. The molecule has 0 atom stereocenters. The monoisotopic (exact) mass is 277 g/mol. The van der Waals surface area contributed by atoms with Crippen LogP contribution in [0.15, 0.2) is 6.33 Å². The molecule has 1 N–H and O–H groups in total. The maximum Gasteiger partial charge on any atom is 0.141 e. The predicted molar refractivity (Wildman–Crippen MR) is 79.4 cm³/mol. The first-order valence-electron chi connectivity index (χ1n) is 7.91. The standard InChI is InChI=1S/C15H27N5/c1-4-20-13(16-12-18-20)9-19-11-15(7-5-6-8-15)17-10-14(19,2)3/h12,17H,4-11H2,1-3H3. The van der Waals surface area contributed by atoms with Crippen LogP contribution in [0.2, 0.25) is 0 Å². The fourth-order valence-electron chi connectivity index (χ4n) is 3.65. The summed E-state index contributed by atoms with van der Waals surface area (Å²) in [4.78, 5) is 7.05. The third kappa shape index (κ3) is 2.49. The third-order valence-electron chi connectivity index (χ3n) is 5.13. The summed E-state index contributed by atoms with van der Waals surface area (Å²) in [6.45, 7) is 10.8. The number of piperazine rings is 1. The van der Waals surface area contributed by atoms with E-state index in [-0.39, 0.29) is 5.54 Å². The summed E-state index contributed by atoms with van der Waals surface area (Å²) in [7, 11) is 0. The zero-order valence-electron chi connectivity index (χ0n) is 13.0. The number of nitrogens with zero attached hydrogens (tertiary/aromatic N) is 4. The Morgan fingerprint density at radius 3 is 2.75 bits per heavy atom. The van der Waals surface area contributed by atoms with Crippen LogP contribution < -0.4 is 5.32 Å². The highest BCUT2D eigenvalue weighted by Crippen LogP contribution is 2.36. The Morgan fingerprint density at radius 2 is 2.05 bits per heavy atom. The second-order valence-corrected chi connectivity index (χ2v) is 7.00. The molecule has 1 saturated carbocycles. The zero-order valence-corrected chi connectivity index (χ0v) is 13.0. The van der Waals surface area contributed by atoms with Crippen molar-refractivity contribution in [1.82, 2.24) is 25.0 Å². The van der Waals surface area contributed by atoms with E-state index in [2.05, 4.69) is 41.1 Å². The van der Waals surface area contributed by atoms with Crippen molar-refractivity contribution in [2.45, 2.75) is 70.6 Å². The number of aromatic nitrogens is 3. The van der Waals surface area contributed by atoms with Gasteiger partial charge in [0.05, 0.1) is 6.54 Å². The second kappa shape index (κ2) is 5.11. The first kappa shape index (κ1) is 14.0. The van der Waals surface area contributed by atoms with E-state index in [4.69, 9.17) is 0 Å². The maximum absolute atomic E-state index is 4.45. The molecule has 1 saturated heterocycles. The van der Waals surface area contributed by atoms with E-state index in [1.54, 1.807) is 6.33 Å². The largest absolute Gasteiger partial charge is 0.308 e. The Hall–Kier alpha value is -0.940. The Balaban J connectivity index is 1.78. The molecular weight excluding hydrogens is 250 g/mol. The van der Waals surface area contributed by atoms with Gasteiger partial charge >= 0.3 is 0 Å². The van der Waals surface area contributed by atoms with Gasteiger partial charge in [-0.25, -0.2) is 9.67 Å². The smallest absolute Gasteiger partial charge is 0.141 e. The van der Waals surface area contributed by atoms with E-state index in [0.29, 0.717) is 5.54 Å². The molecule has 1 aromatic heterocycles. The van der Waals surface area contributed by atoms with E-state index < -0.39 is 0 Å². The van der Waals surface area contributed by atoms with Crippen molar-refractivity contribution in [1.29, 1.82) is 0 Å². The highest BCUT2D eigenvalue weighted by Gasteiger charge is 2.44. The van der Waals surface area contributed by atoms with E-state index in [0.717, 1.165) is 32.0 Å². The molecule has 1 aliphatic carbocycles. The Labute approximate surface area is 121 Å². The van der Waals surface area contributed by atoms with Crippen LogP contribution in [0.25, 0.3) is 0 Å². The van der Waals surface area contributed by atoms with Crippen LogP contribution in [0.4, 0.5) is 0 Å². The molecule has 2 aliphatic rings. The lowest BCUT2D eigenvalue weighted by molar-refractivity contribution is 0.0188. The van der Waals surface area contributed by atoms with Gasteiger partial charge in [-0.15, -0.1) is 0 Å². The molecule has 0 bridgehead atoms. The quantitative estimate of drug-likeness (QED) is 0.915. The summed E-state index contributed by atoms with van der Waals surface area (Å²) in [5, 5.41) is 8.14. The van der Waals surface area contributed by atoms with E-state index in [1.165, 1.54) is 25.7 Å². The molecule has 2 fully saturated rings. The zero-order chi connectivity index (χ0) is 14.2. The lowest BCUT2D eigenvalue weighted by Crippen LogP contribution is -2.67. The highest BCUT2D eigenvalue weighted by molar-refractivity contribution is 5.05. The summed E-state index contributed by atoms with van der Waals surface area (Å²) in [5.74, 6) is 1.09. The van der Waals surface area contributed by atoms with Crippen LogP contribution in [0.1, 0.15) is 52.3 Å². The minimum Gasteiger partial charge on any atom is -0.308 e. The summed E-state index contributed by atoms with van der Waals surface area (Å²) < 4.78 is 2.01. The Kier molecular flexibility index (Phi) is 3.58.